The van der Waals surface area contributed by atoms with Gasteiger partial charge in [-0.2, -0.15) is 25.6 Å². The standard InChI is InChI=1S/C10H12F2O8S2/c1-9-3-4-2-5(9)21(14,15)20-7(9)6(4)19-8(13)10(11,12)22(16,17)18/h4-7H,2-3H2,1H3,(H,16,17,18). The lowest BCUT2D eigenvalue weighted by Crippen LogP contribution is -2.47. The summed E-state index contributed by atoms with van der Waals surface area (Å²) in [4.78, 5) is 11.4. The Morgan fingerprint density at radius 1 is 1.45 bits per heavy atom. The molecule has 22 heavy (non-hydrogen) atoms. The molecule has 2 aliphatic carbocycles. The molecular weight excluding hydrogens is 350 g/mol. The first-order chi connectivity index (χ1) is 9.81. The fraction of sp³-hybridized carbons (Fsp3) is 0.900. The van der Waals surface area contributed by atoms with Crippen LogP contribution < -0.4 is 0 Å². The van der Waals surface area contributed by atoms with E-state index in [-0.39, 0.29) is 6.42 Å². The minimum Gasteiger partial charge on any atom is -0.454 e. The van der Waals surface area contributed by atoms with Crippen LogP contribution in [-0.2, 0) is 34.0 Å². The zero-order valence-electron chi connectivity index (χ0n) is 11.1. The third-order valence-corrected chi connectivity index (χ3v) is 7.48. The Balaban J connectivity index is 1.87. The predicted octanol–water partition coefficient (Wildman–Crippen LogP) is -0.0941. The molecule has 0 aromatic rings. The normalized spacial score (nSPS) is 42.5. The smallest absolute Gasteiger partial charge is 0.454 e. The van der Waals surface area contributed by atoms with Gasteiger partial charge in [0, 0.05) is 11.3 Å². The van der Waals surface area contributed by atoms with Crippen LogP contribution in [0, 0.1) is 11.3 Å². The molecule has 1 N–H and O–H groups in total. The number of hydrogen-bond acceptors (Lipinski definition) is 7. The van der Waals surface area contributed by atoms with Crippen molar-refractivity contribution >= 4 is 26.2 Å². The molecule has 0 spiro atoms. The second-order valence-electron chi connectivity index (χ2n) is 6.07. The van der Waals surface area contributed by atoms with Gasteiger partial charge in [-0.25, -0.2) is 4.79 Å². The van der Waals surface area contributed by atoms with Crippen molar-refractivity contribution in [2.24, 2.45) is 11.3 Å². The van der Waals surface area contributed by atoms with Crippen LogP contribution in [0.3, 0.4) is 0 Å². The number of halogens is 2. The van der Waals surface area contributed by atoms with Crippen molar-refractivity contribution in [2.75, 3.05) is 0 Å². The number of carbonyl (C=O) groups excluding carboxylic acids is 1. The molecule has 0 amide bonds. The summed E-state index contributed by atoms with van der Waals surface area (Å²) in [6, 6.07) is 0. The molecule has 2 saturated carbocycles. The van der Waals surface area contributed by atoms with E-state index in [0.717, 1.165) is 0 Å². The molecule has 8 nitrogen and oxygen atoms in total. The topological polar surface area (TPSA) is 124 Å². The number of hydrogen-bond donors (Lipinski definition) is 1. The van der Waals surface area contributed by atoms with E-state index in [0.29, 0.717) is 6.42 Å². The fourth-order valence-electron chi connectivity index (χ4n) is 3.78. The average Bonchev–Trinajstić information content (AvgIpc) is 2.84. The van der Waals surface area contributed by atoms with Gasteiger partial charge in [-0.15, -0.1) is 0 Å². The van der Waals surface area contributed by atoms with Crippen LogP contribution in [0.25, 0.3) is 0 Å². The Bertz CT molecular complexity index is 745. The number of esters is 1. The highest BCUT2D eigenvalue weighted by molar-refractivity contribution is 7.88. The molecule has 1 aliphatic heterocycles. The highest BCUT2D eigenvalue weighted by atomic mass is 32.2. The van der Waals surface area contributed by atoms with Crippen molar-refractivity contribution in [3.8, 4) is 0 Å². The molecule has 12 heteroatoms. The zero-order valence-corrected chi connectivity index (χ0v) is 12.7. The Kier molecular flexibility index (Phi) is 3.03. The molecule has 5 unspecified atom stereocenters. The lowest BCUT2D eigenvalue weighted by Gasteiger charge is -2.30. The van der Waals surface area contributed by atoms with E-state index in [1.54, 1.807) is 6.92 Å². The van der Waals surface area contributed by atoms with Crippen LogP contribution in [0.15, 0.2) is 0 Å². The minimum absolute atomic E-state index is 0.0880. The number of rotatable bonds is 3. The lowest BCUT2D eigenvalue weighted by atomic mass is 9.82. The van der Waals surface area contributed by atoms with Crippen molar-refractivity contribution in [2.45, 2.75) is 42.5 Å². The van der Waals surface area contributed by atoms with Crippen molar-refractivity contribution in [1.29, 1.82) is 0 Å². The van der Waals surface area contributed by atoms with Gasteiger partial charge in [-0.1, -0.05) is 6.92 Å². The van der Waals surface area contributed by atoms with E-state index in [2.05, 4.69) is 4.74 Å². The summed E-state index contributed by atoms with van der Waals surface area (Å²) in [6.07, 6.45) is -2.03. The van der Waals surface area contributed by atoms with Gasteiger partial charge >= 0.3 is 21.3 Å². The molecule has 3 rings (SSSR count). The summed E-state index contributed by atoms with van der Waals surface area (Å²) in [5.41, 5.74) is -0.859. The summed E-state index contributed by atoms with van der Waals surface area (Å²) >= 11 is 0. The molecular formula is C10H12F2O8S2. The molecule has 126 valence electrons. The van der Waals surface area contributed by atoms with Gasteiger partial charge in [-0.05, 0) is 12.8 Å². The van der Waals surface area contributed by atoms with Gasteiger partial charge in [0.05, 0.1) is 5.25 Å². The Labute approximate surface area is 124 Å². The molecule has 1 heterocycles. The van der Waals surface area contributed by atoms with Crippen LogP contribution in [0.5, 0.6) is 0 Å². The van der Waals surface area contributed by atoms with Gasteiger partial charge in [-0.3, -0.25) is 8.74 Å². The maximum Gasteiger partial charge on any atom is 0.465 e. The molecule has 0 aromatic heterocycles. The third kappa shape index (κ3) is 1.87. The number of fused-ring (bicyclic) bond motifs is 1. The summed E-state index contributed by atoms with van der Waals surface area (Å²) in [7, 11) is -9.84. The van der Waals surface area contributed by atoms with Gasteiger partial charge in [0.25, 0.3) is 10.1 Å². The van der Waals surface area contributed by atoms with Crippen LogP contribution in [-0.4, -0.2) is 50.1 Å². The van der Waals surface area contributed by atoms with E-state index in [1.807, 2.05) is 0 Å². The first kappa shape index (κ1) is 16.0. The van der Waals surface area contributed by atoms with E-state index in [4.69, 9.17) is 8.74 Å². The summed E-state index contributed by atoms with van der Waals surface area (Å²) < 4.78 is 89.0. The monoisotopic (exact) mass is 362 g/mol. The Morgan fingerprint density at radius 2 is 2.05 bits per heavy atom. The maximum absolute atomic E-state index is 13.2. The van der Waals surface area contributed by atoms with Crippen molar-refractivity contribution in [3.05, 3.63) is 0 Å². The Morgan fingerprint density at radius 3 is 2.59 bits per heavy atom. The predicted molar refractivity (Wildman–Crippen MR) is 64.8 cm³/mol. The number of carbonyl (C=O) groups is 1. The molecule has 2 bridgehead atoms. The van der Waals surface area contributed by atoms with Gasteiger partial charge in [0.2, 0.25) is 0 Å². The van der Waals surface area contributed by atoms with Crippen molar-refractivity contribution in [1.82, 2.24) is 0 Å². The first-order valence-electron chi connectivity index (χ1n) is 6.29. The largest absolute Gasteiger partial charge is 0.465 e. The van der Waals surface area contributed by atoms with E-state index >= 15 is 0 Å². The van der Waals surface area contributed by atoms with E-state index < -0.39 is 60.3 Å². The zero-order chi connectivity index (χ0) is 16.7. The van der Waals surface area contributed by atoms with Crippen LogP contribution in [0.1, 0.15) is 19.8 Å². The maximum atomic E-state index is 13.2. The van der Waals surface area contributed by atoms with Gasteiger partial charge < -0.3 is 4.74 Å². The van der Waals surface area contributed by atoms with E-state index in [9.17, 15) is 30.4 Å². The third-order valence-electron chi connectivity index (χ3n) is 4.76. The molecule has 3 fully saturated rings. The molecule has 1 saturated heterocycles. The summed E-state index contributed by atoms with van der Waals surface area (Å²) in [5, 5.41) is -5.90. The van der Waals surface area contributed by atoms with Crippen molar-refractivity contribution < 1.29 is 43.9 Å². The average molecular weight is 362 g/mol. The SMILES string of the molecule is CC12CC3CC1S(=O)(=O)OC2C3OC(=O)C(F)(F)S(=O)(=O)O. The van der Waals surface area contributed by atoms with Crippen LogP contribution in [0.2, 0.25) is 0 Å². The van der Waals surface area contributed by atoms with Crippen molar-refractivity contribution in [3.63, 3.8) is 0 Å². The Hall–Kier alpha value is -0.850. The van der Waals surface area contributed by atoms with Crippen LogP contribution >= 0.6 is 0 Å². The fourth-order valence-corrected chi connectivity index (χ4v) is 6.16. The highest BCUT2D eigenvalue weighted by Gasteiger charge is 2.72. The molecule has 3 aliphatic rings. The number of ether oxygens (including phenoxy) is 1. The molecule has 0 aromatic carbocycles. The van der Waals surface area contributed by atoms with Gasteiger partial charge in [0.1, 0.15) is 12.2 Å². The summed E-state index contributed by atoms with van der Waals surface area (Å²) in [6.45, 7) is 1.60. The lowest BCUT2D eigenvalue weighted by molar-refractivity contribution is -0.174. The highest BCUT2D eigenvalue weighted by Crippen LogP contribution is 2.63. The van der Waals surface area contributed by atoms with Gasteiger partial charge in [0.15, 0.2) is 0 Å². The molecule has 0 radical (unpaired) electrons. The summed E-state index contributed by atoms with van der Waals surface area (Å²) in [5.74, 6) is -2.96. The first-order valence-corrected chi connectivity index (χ1v) is 9.20. The van der Waals surface area contributed by atoms with Crippen LogP contribution in [0.4, 0.5) is 8.78 Å². The minimum atomic E-state index is -5.98. The second-order valence-corrected chi connectivity index (χ2v) is 9.28. The van der Waals surface area contributed by atoms with E-state index in [1.165, 1.54) is 0 Å². The quantitative estimate of drug-likeness (QED) is 0.419. The number of alkyl halides is 2. The second kappa shape index (κ2) is 4.16. The molecule has 5 atom stereocenters.